The molecule has 0 saturated carbocycles. The second-order valence-corrected chi connectivity index (χ2v) is 3.70. The molecule has 1 rings (SSSR count). The summed E-state index contributed by atoms with van der Waals surface area (Å²) in [4.78, 5) is 13.5. The van der Waals surface area contributed by atoms with Crippen molar-refractivity contribution in [1.82, 2.24) is 0 Å². The summed E-state index contributed by atoms with van der Waals surface area (Å²) in [6, 6.07) is 3.89. The molecule has 4 heteroatoms. The normalized spacial score (nSPS) is 9.36. The van der Waals surface area contributed by atoms with Crippen molar-refractivity contribution in [3.05, 3.63) is 27.7 Å². The van der Waals surface area contributed by atoms with E-state index >= 15 is 0 Å². The molecule has 1 aromatic carbocycles. The van der Waals surface area contributed by atoms with Crippen LogP contribution in [-0.4, -0.2) is 13.2 Å². The number of hydrogen-bond acceptors (Lipinski definition) is 3. The van der Waals surface area contributed by atoms with E-state index in [1.807, 2.05) is 19.1 Å². The van der Waals surface area contributed by atoms with Gasteiger partial charge >= 0.3 is 0 Å². The minimum absolute atomic E-state index is 0.299. The van der Waals surface area contributed by atoms with E-state index in [2.05, 4.69) is 20.9 Å². The van der Waals surface area contributed by atoms with Crippen molar-refractivity contribution in [3.63, 3.8) is 0 Å². The molecule has 0 aliphatic heterocycles. The molecule has 0 spiro atoms. The first-order valence-electron chi connectivity index (χ1n) is 4.05. The van der Waals surface area contributed by atoms with Crippen molar-refractivity contribution in [3.8, 4) is 5.75 Å². The smallest absolute Gasteiger partial charge is 0.235 e. The largest absolute Gasteiger partial charge is 0.495 e. The Morgan fingerprint density at radius 2 is 2.29 bits per heavy atom. The highest BCUT2D eigenvalue weighted by atomic mass is 79.9. The van der Waals surface area contributed by atoms with Crippen LogP contribution in [0.5, 0.6) is 5.75 Å². The van der Waals surface area contributed by atoms with Crippen LogP contribution in [0.3, 0.4) is 0 Å². The summed E-state index contributed by atoms with van der Waals surface area (Å²) in [6.45, 7) is 2.27. The zero-order chi connectivity index (χ0) is 10.6. The van der Waals surface area contributed by atoms with Crippen LogP contribution in [-0.2, 0) is 11.3 Å². The maximum atomic E-state index is 10.0. The lowest BCUT2D eigenvalue weighted by Crippen LogP contribution is -1.93. The average molecular weight is 256 g/mol. The second-order valence-electron chi connectivity index (χ2n) is 2.85. The van der Waals surface area contributed by atoms with Gasteiger partial charge in [-0.1, -0.05) is 6.07 Å². The molecule has 1 aromatic rings. The number of methoxy groups -OCH3 is 1. The maximum Gasteiger partial charge on any atom is 0.235 e. The number of aliphatic imine (C=N–C) groups is 1. The molecule has 3 nitrogen and oxygen atoms in total. The quantitative estimate of drug-likeness (QED) is 0.615. The molecule has 74 valence electrons. The zero-order valence-electron chi connectivity index (χ0n) is 8.00. The van der Waals surface area contributed by atoms with Crippen molar-refractivity contribution in [2.75, 3.05) is 7.11 Å². The van der Waals surface area contributed by atoms with Crippen molar-refractivity contribution in [2.24, 2.45) is 4.99 Å². The van der Waals surface area contributed by atoms with E-state index in [1.165, 1.54) is 6.08 Å². The van der Waals surface area contributed by atoms with E-state index in [4.69, 9.17) is 4.74 Å². The Hall–Kier alpha value is -1.12. The molecule has 0 saturated heterocycles. The first-order valence-corrected chi connectivity index (χ1v) is 4.85. The van der Waals surface area contributed by atoms with Crippen molar-refractivity contribution >= 4 is 22.0 Å². The summed E-state index contributed by atoms with van der Waals surface area (Å²) in [5.41, 5.74) is 1.97. The molecular formula is C10H10BrNO2. The van der Waals surface area contributed by atoms with Gasteiger partial charge in [-0.25, -0.2) is 9.79 Å². The molecule has 0 atom stereocenters. The number of benzene rings is 1. The zero-order valence-corrected chi connectivity index (χ0v) is 9.59. The minimum atomic E-state index is 0.299. The van der Waals surface area contributed by atoms with Crippen LogP contribution in [0, 0.1) is 6.92 Å². The molecule has 0 bridgehead atoms. The van der Waals surface area contributed by atoms with Crippen molar-refractivity contribution in [2.45, 2.75) is 13.5 Å². The van der Waals surface area contributed by atoms with E-state index in [9.17, 15) is 4.79 Å². The summed E-state index contributed by atoms with van der Waals surface area (Å²) in [7, 11) is 1.59. The Kier molecular flexibility index (Phi) is 3.86. The molecule has 0 fully saturated rings. The Bertz CT molecular complexity index is 384. The number of rotatable bonds is 3. The third kappa shape index (κ3) is 2.44. The molecule has 0 N–H and O–H groups in total. The lowest BCUT2D eigenvalue weighted by molar-refractivity contribution is 0.407. The molecule has 0 amide bonds. The van der Waals surface area contributed by atoms with Gasteiger partial charge in [0.25, 0.3) is 0 Å². The number of hydrogen-bond donors (Lipinski definition) is 0. The van der Waals surface area contributed by atoms with Gasteiger partial charge in [0, 0.05) is 5.56 Å². The number of halogens is 1. The molecule has 14 heavy (non-hydrogen) atoms. The van der Waals surface area contributed by atoms with Gasteiger partial charge in [-0.3, -0.25) is 0 Å². The Labute approximate surface area is 90.9 Å². The summed E-state index contributed by atoms with van der Waals surface area (Å²) >= 11 is 3.38. The van der Waals surface area contributed by atoms with E-state index < -0.39 is 0 Å². The predicted octanol–water partition coefficient (Wildman–Crippen LogP) is 2.60. The Morgan fingerprint density at radius 1 is 1.57 bits per heavy atom. The SMILES string of the molecule is COc1c(Br)cc(C)cc1CN=C=O. The summed E-state index contributed by atoms with van der Waals surface area (Å²) < 4.78 is 6.06. The highest BCUT2D eigenvalue weighted by Gasteiger charge is 2.07. The third-order valence-corrected chi connectivity index (χ3v) is 2.37. The highest BCUT2D eigenvalue weighted by Crippen LogP contribution is 2.30. The van der Waals surface area contributed by atoms with Gasteiger partial charge in [0.2, 0.25) is 6.08 Å². The summed E-state index contributed by atoms with van der Waals surface area (Å²) in [5, 5.41) is 0. The van der Waals surface area contributed by atoms with Gasteiger partial charge in [-0.05, 0) is 34.5 Å². The fourth-order valence-electron chi connectivity index (χ4n) is 1.26. The highest BCUT2D eigenvalue weighted by molar-refractivity contribution is 9.10. The summed E-state index contributed by atoms with van der Waals surface area (Å²) in [6.07, 6.45) is 1.51. The van der Waals surface area contributed by atoms with Gasteiger partial charge in [-0.2, -0.15) is 0 Å². The van der Waals surface area contributed by atoms with Crippen molar-refractivity contribution < 1.29 is 9.53 Å². The van der Waals surface area contributed by atoms with Crippen LogP contribution in [0.1, 0.15) is 11.1 Å². The second kappa shape index (κ2) is 4.94. The van der Waals surface area contributed by atoms with Gasteiger partial charge in [-0.15, -0.1) is 0 Å². The lowest BCUT2D eigenvalue weighted by Gasteiger charge is -2.09. The maximum absolute atomic E-state index is 10.0. The van der Waals surface area contributed by atoms with E-state index in [0.717, 1.165) is 21.3 Å². The average Bonchev–Trinajstić information content (AvgIpc) is 2.14. The fourth-order valence-corrected chi connectivity index (χ4v) is 2.04. The van der Waals surface area contributed by atoms with Crippen LogP contribution in [0.25, 0.3) is 0 Å². The van der Waals surface area contributed by atoms with E-state index in [0.29, 0.717) is 6.54 Å². The van der Waals surface area contributed by atoms with Crippen molar-refractivity contribution in [1.29, 1.82) is 0 Å². The van der Waals surface area contributed by atoms with Gasteiger partial charge in [0.15, 0.2) is 0 Å². The first kappa shape index (κ1) is 11.0. The molecule has 0 radical (unpaired) electrons. The monoisotopic (exact) mass is 255 g/mol. The molecule has 0 unspecified atom stereocenters. The van der Waals surface area contributed by atoms with Crippen LogP contribution < -0.4 is 4.74 Å². The third-order valence-electron chi connectivity index (χ3n) is 1.78. The molecule has 0 aliphatic rings. The van der Waals surface area contributed by atoms with Crippen LogP contribution in [0.4, 0.5) is 0 Å². The first-order chi connectivity index (χ1) is 6.69. The number of nitrogens with zero attached hydrogens (tertiary/aromatic N) is 1. The van der Waals surface area contributed by atoms with Crippen LogP contribution >= 0.6 is 15.9 Å². The van der Waals surface area contributed by atoms with Crippen LogP contribution in [0.15, 0.2) is 21.6 Å². The molecule has 0 aliphatic carbocycles. The predicted molar refractivity (Wildman–Crippen MR) is 57.3 cm³/mol. The van der Waals surface area contributed by atoms with E-state index in [1.54, 1.807) is 7.11 Å². The number of isocyanates is 1. The van der Waals surface area contributed by atoms with Gasteiger partial charge < -0.3 is 4.74 Å². The molecular weight excluding hydrogens is 246 g/mol. The number of carbonyl (C=O) groups excluding carboxylic acids is 1. The number of ether oxygens (including phenoxy) is 1. The standard InChI is InChI=1S/C10H10BrNO2/c1-7-3-8(5-12-6-13)10(14-2)9(11)4-7/h3-4H,5H2,1-2H3. The minimum Gasteiger partial charge on any atom is -0.495 e. The fraction of sp³-hybridized carbons (Fsp3) is 0.300. The van der Waals surface area contributed by atoms with Gasteiger partial charge in [0.05, 0.1) is 18.1 Å². The Morgan fingerprint density at radius 3 is 2.86 bits per heavy atom. The van der Waals surface area contributed by atoms with Crippen LogP contribution in [0.2, 0.25) is 0 Å². The summed E-state index contributed by atoms with van der Waals surface area (Å²) in [5.74, 6) is 0.717. The lowest BCUT2D eigenvalue weighted by atomic mass is 10.1. The topological polar surface area (TPSA) is 38.7 Å². The molecule has 0 aromatic heterocycles. The Balaban J connectivity index is 3.17. The number of aryl methyl sites for hydroxylation is 1. The van der Waals surface area contributed by atoms with E-state index in [-0.39, 0.29) is 0 Å². The van der Waals surface area contributed by atoms with Gasteiger partial charge in [0.1, 0.15) is 5.75 Å². The molecule has 0 heterocycles.